The van der Waals surface area contributed by atoms with Gasteiger partial charge in [-0.15, -0.1) is 0 Å². The molecule has 0 aromatic heterocycles. The van der Waals surface area contributed by atoms with E-state index in [2.05, 4.69) is 29.8 Å². The van der Waals surface area contributed by atoms with Crippen molar-refractivity contribution in [3.05, 3.63) is 83.9 Å². The zero-order chi connectivity index (χ0) is 22.9. The molecular weight excluding hydrogens is 402 g/mol. The van der Waals surface area contributed by atoms with E-state index in [-0.39, 0.29) is 18.4 Å². The lowest BCUT2D eigenvalue weighted by Gasteiger charge is -2.14. The van der Waals surface area contributed by atoms with Gasteiger partial charge in [0.25, 0.3) is 5.91 Å². The summed E-state index contributed by atoms with van der Waals surface area (Å²) in [6.45, 7) is 6.83. The quantitative estimate of drug-likeness (QED) is 0.428. The average Bonchev–Trinajstić information content (AvgIpc) is 2.78. The summed E-state index contributed by atoms with van der Waals surface area (Å²) in [7, 11) is 0. The van der Waals surface area contributed by atoms with Crippen molar-refractivity contribution in [2.75, 3.05) is 29.1 Å². The molecule has 0 unspecified atom stereocenters. The molecule has 0 atom stereocenters. The van der Waals surface area contributed by atoms with Gasteiger partial charge in [0, 0.05) is 16.9 Å². The molecule has 0 saturated heterocycles. The Morgan fingerprint density at radius 1 is 0.875 bits per heavy atom. The van der Waals surface area contributed by atoms with Crippen LogP contribution >= 0.6 is 0 Å². The van der Waals surface area contributed by atoms with Crippen LogP contribution in [0.5, 0.6) is 5.75 Å². The summed E-state index contributed by atoms with van der Waals surface area (Å²) in [5.41, 5.74) is 3.71. The van der Waals surface area contributed by atoms with E-state index in [1.165, 1.54) is 0 Å². The van der Waals surface area contributed by atoms with Crippen LogP contribution in [0.15, 0.2) is 72.8 Å². The first-order valence-corrected chi connectivity index (χ1v) is 10.6. The van der Waals surface area contributed by atoms with Gasteiger partial charge in [-0.05, 0) is 61.4 Å². The molecule has 0 fully saturated rings. The number of para-hydroxylation sites is 2. The summed E-state index contributed by atoms with van der Waals surface area (Å²) < 4.78 is 5.80. The van der Waals surface area contributed by atoms with Gasteiger partial charge in [-0.2, -0.15) is 0 Å². The Bertz CT molecular complexity index is 1060. The van der Waals surface area contributed by atoms with E-state index in [9.17, 15) is 9.59 Å². The van der Waals surface area contributed by atoms with E-state index in [4.69, 9.17) is 4.74 Å². The largest absolute Gasteiger partial charge is 0.491 e. The number of hydrogen-bond acceptors (Lipinski definition) is 4. The van der Waals surface area contributed by atoms with Crippen molar-refractivity contribution in [2.24, 2.45) is 5.92 Å². The molecule has 0 heterocycles. The molecule has 6 heteroatoms. The predicted octanol–water partition coefficient (Wildman–Crippen LogP) is 5.33. The van der Waals surface area contributed by atoms with E-state index < -0.39 is 0 Å². The van der Waals surface area contributed by atoms with E-state index in [1.807, 2.05) is 49.4 Å². The zero-order valence-corrected chi connectivity index (χ0v) is 18.6. The van der Waals surface area contributed by atoms with Crippen LogP contribution in [0.4, 0.5) is 17.1 Å². The molecule has 0 aliphatic heterocycles. The molecule has 3 rings (SSSR count). The Hall–Kier alpha value is -3.80. The SMILES string of the molecule is Cc1cccc(C(=O)Nc2ccc(NC(=O)CNc3ccccc3OCC(C)C)cc2)c1. The summed E-state index contributed by atoms with van der Waals surface area (Å²) in [6.07, 6.45) is 0. The second kappa shape index (κ2) is 11.0. The number of benzene rings is 3. The van der Waals surface area contributed by atoms with E-state index in [0.29, 0.717) is 29.5 Å². The minimum Gasteiger partial charge on any atom is -0.491 e. The highest BCUT2D eigenvalue weighted by molar-refractivity contribution is 6.04. The van der Waals surface area contributed by atoms with Gasteiger partial charge in [-0.3, -0.25) is 9.59 Å². The molecule has 0 radical (unpaired) electrons. The van der Waals surface area contributed by atoms with E-state index in [0.717, 1.165) is 17.0 Å². The molecule has 0 spiro atoms. The summed E-state index contributed by atoms with van der Waals surface area (Å²) >= 11 is 0. The van der Waals surface area contributed by atoms with Crippen LogP contribution in [0, 0.1) is 12.8 Å². The lowest BCUT2D eigenvalue weighted by molar-refractivity contribution is -0.114. The Balaban J connectivity index is 1.51. The molecule has 0 aliphatic rings. The molecular formula is C26H29N3O3. The number of ether oxygens (including phenoxy) is 1. The van der Waals surface area contributed by atoms with Crippen molar-refractivity contribution >= 4 is 28.9 Å². The number of aryl methyl sites for hydroxylation is 1. The second-order valence-electron chi connectivity index (χ2n) is 8.00. The third-order valence-electron chi connectivity index (χ3n) is 4.61. The standard InChI is InChI=1S/C26H29N3O3/c1-18(2)17-32-24-10-5-4-9-23(24)27-16-25(30)28-21-11-13-22(14-12-21)29-26(31)20-8-6-7-19(3)15-20/h4-15,18,27H,16-17H2,1-3H3,(H,28,30)(H,29,31). The number of carbonyl (C=O) groups excluding carboxylic acids is 2. The minimum atomic E-state index is -0.180. The second-order valence-corrected chi connectivity index (χ2v) is 8.00. The first-order chi connectivity index (χ1) is 15.4. The van der Waals surface area contributed by atoms with Crippen LogP contribution in [0.2, 0.25) is 0 Å². The summed E-state index contributed by atoms with van der Waals surface area (Å²) in [5.74, 6) is 0.784. The van der Waals surface area contributed by atoms with Crippen molar-refractivity contribution in [1.29, 1.82) is 0 Å². The van der Waals surface area contributed by atoms with Crippen LogP contribution in [0.1, 0.15) is 29.8 Å². The fourth-order valence-electron chi connectivity index (χ4n) is 3.00. The number of anilines is 3. The Labute approximate surface area is 189 Å². The van der Waals surface area contributed by atoms with Crippen molar-refractivity contribution in [3.8, 4) is 5.75 Å². The summed E-state index contributed by atoms with van der Waals surface area (Å²) in [6, 6.07) is 22.0. The Morgan fingerprint density at radius 3 is 2.25 bits per heavy atom. The zero-order valence-electron chi connectivity index (χ0n) is 18.6. The number of rotatable bonds is 9. The first-order valence-electron chi connectivity index (χ1n) is 10.6. The van der Waals surface area contributed by atoms with Gasteiger partial charge < -0.3 is 20.7 Å². The maximum absolute atomic E-state index is 12.4. The van der Waals surface area contributed by atoms with Gasteiger partial charge in [0.15, 0.2) is 0 Å². The maximum atomic E-state index is 12.4. The highest BCUT2D eigenvalue weighted by atomic mass is 16.5. The third kappa shape index (κ3) is 6.87. The van der Waals surface area contributed by atoms with Crippen LogP contribution in [-0.4, -0.2) is 25.0 Å². The number of carbonyl (C=O) groups is 2. The summed E-state index contributed by atoms with van der Waals surface area (Å²) in [4.78, 5) is 24.7. The average molecular weight is 432 g/mol. The van der Waals surface area contributed by atoms with Crippen LogP contribution in [-0.2, 0) is 4.79 Å². The normalized spacial score (nSPS) is 10.5. The minimum absolute atomic E-state index is 0.105. The smallest absolute Gasteiger partial charge is 0.255 e. The molecule has 0 aliphatic carbocycles. The van der Waals surface area contributed by atoms with Crippen molar-refractivity contribution in [2.45, 2.75) is 20.8 Å². The molecule has 166 valence electrons. The van der Waals surface area contributed by atoms with Crippen LogP contribution in [0.3, 0.4) is 0 Å². The van der Waals surface area contributed by atoms with Crippen molar-refractivity contribution in [3.63, 3.8) is 0 Å². The number of amides is 2. The molecule has 6 nitrogen and oxygen atoms in total. The van der Waals surface area contributed by atoms with Gasteiger partial charge in [-0.1, -0.05) is 43.7 Å². The number of nitrogens with one attached hydrogen (secondary N) is 3. The molecule has 2 amide bonds. The summed E-state index contributed by atoms with van der Waals surface area (Å²) in [5, 5.41) is 8.83. The van der Waals surface area contributed by atoms with E-state index >= 15 is 0 Å². The van der Waals surface area contributed by atoms with Gasteiger partial charge in [0.2, 0.25) is 5.91 Å². The molecule has 0 bridgehead atoms. The fourth-order valence-corrected chi connectivity index (χ4v) is 3.00. The highest BCUT2D eigenvalue weighted by Crippen LogP contribution is 2.24. The molecule has 3 aromatic rings. The van der Waals surface area contributed by atoms with Crippen LogP contribution in [0.25, 0.3) is 0 Å². The predicted molar refractivity (Wildman–Crippen MR) is 129 cm³/mol. The number of hydrogen-bond donors (Lipinski definition) is 3. The van der Waals surface area contributed by atoms with E-state index in [1.54, 1.807) is 30.3 Å². The molecule has 32 heavy (non-hydrogen) atoms. The maximum Gasteiger partial charge on any atom is 0.255 e. The Kier molecular flexibility index (Phi) is 7.86. The van der Waals surface area contributed by atoms with Gasteiger partial charge in [0.05, 0.1) is 18.8 Å². The lowest BCUT2D eigenvalue weighted by atomic mass is 10.1. The molecule has 0 saturated carbocycles. The molecule has 3 aromatic carbocycles. The van der Waals surface area contributed by atoms with Crippen LogP contribution < -0.4 is 20.7 Å². The van der Waals surface area contributed by atoms with Crippen molar-refractivity contribution in [1.82, 2.24) is 0 Å². The fraction of sp³-hybridized carbons (Fsp3) is 0.231. The first kappa shape index (κ1) is 22.9. The lowest BCUT2D eigenvalue weighted by Crippen LogP contribution is -2.22. The highest BCUT2D eigenvalue weighted by Gasteiger charge is 2.09. The van der Waals surface area contributed by atoms with Gasteiger partial charge in [0.1, 0.15) is 5.75 Å². The third-order valence-corrected chi connectivity index (χ3v) is 4.61. The monoisotopic (exact) mass is 431 g/mol. The van der Waals surface area contributed by atoms with Gasteiger partial charge in [-0.25, -0.2) is 0 Å². The van der Waals surface area contributed by atoms with Gasteiger partial charge >= 0.3 is 0 Å². The molecule has 3 N–H and O–H groups in total. The van der Waals surface area contributed by atoms with Crippen molar-refractivity contribution < 1.29 is 14.3 Å². The topological polar surface area (TPSA) is 79.5 Å². The Morgan fingerprint density at radius 2 is 1.56 bits per heavy atom.